The first-order valence-electron chi connectivity index (χ1n) is 13.8. The summed E-state index contributed by atoms with van der Waals surface area (Å²) in [5.74, 6) is 3.31. The second kappa shape index (κ2) is 9.78. The molecule has 1 atom stereocenters. The van der Waals surface area contributed by atoms with Crippen LogP contribution in [0, 0.1) is 11.8 Å². The smallest absolute Gasteiger partial charge is 0.227 e. The maximum Gasteiger partial charge on any atom is 0.227 e. The molecule has 0 bridgehead atoms. The number of likely N-dealkylation sites (tertiary alicyclic amines) is 2. The fourth-order valence-electron chi connectivity index (χ4n) is 6.66. The van der Waals surface area contributed by atoms with Gasteiger partial charge in [-0.15, -0.1) is 0 Å². The molecular weight excluding hydrogens is 440 g/mol. The Kier molecular flexibility index (Phi) is 6.37. The molecule has 8 nitrogen and oxygen atoms in total. The number of aromatic amines is 1. The third kappa shape index (κ3) is 4.64. The number of carbonyl (C=O) groups is 2. The molecule has 1 saturated carbocycles. The minimum atomic E-state index is 0.0752. The predicted octanol–water partition coefficient (Wildman–Crippen LogP) is 3.69. The van der Waals surface area contributed by atoms with Crippen molar-refractivity contribution in [1.82, 2.24) is 24.8 Å². The quantitative estimate of drug-likeness (QED) is 0.724. The standard InChI is InChI=1S/C27H38N6O2/c34-26(20-6-1-2-7-20)32-16-11-19(12-17-32)24-28-22-9-10-23(29-25(22)30-24)33-15-5-8-21(18-33)27(35)31-13-3-4-14-31/h9-10,19-21H,1-8,11-18H2,(H,28,29,30). The number of hydrogen-bond acceptors (Lipinski definition) is 5. The first-order valence-corrected chi connectivity index (χ1v) is 13.8. The molecule has 35 heavy (non-hydrogen) atoms. The topological polar surface area (TPSA) is 85.4 Å². The van der Waals surface area contributed by atoms with E-state index in [4.69, 9.17) is 9.97 Å². The summed E-state index contributed by atoms with van der Waals surface area (Å²) in [6, 6.07) is 4.15. The molecule has 0 spiro atoms. The van der Waals surface area contributed by atoms with E-state index in [2.05, 4.69) is 31.8 Å². The third-order valence-electron chi connectivity index (χ3n) is 8.76. The van der Waals surface area contributed by atoms with Crippen LogP contribution in [0.1, 0.15) is 76.0 Å². The van der Waals surface area contributed by atoms with E-state index in [0.29, 0.717) is 17.7 Å². The van der Waals surface area contributed by atoms with E-state index in [1.807, 2.05) is 0 Å². The van der Waals surface area contributed by atoms with Crippen molar-refractivity contribution in [2.24, 2.45) is 11.8 Å². The number of aromatic nitrogens is 3. The summed E-state index contributed by atoms with van der Waals surface area (Å²) in [6.45, 7) is 5.18. The highest BCUT2D eigenvalue weighted by atomic mass is 16.2. The van der Waals surface area contributed by atoms with E-state index >= 15 is 0 Å². The molecule has 5 heterocycles. The Labute approximate surface area is 207 Å². The van der Waals surface area contributed by atoms with Crippen LogP contribution in [0.2, 0.25) is 0 Å². The van der Waals surface area contributed by atoms with Crippen molar-refractivity contribution in [3.63, 3.8) is 0 Å². The molecule has 6 rings (SSSR count). The molecule has 2 aromatic heterocycles. The minimum absolute atomic E-state index is 0.0752. The molecule has 2 aromatic rings. The number of amides is 2. The highest BCUT2D eigenvalue weighted by Crippen LogP contribution is 2.32. The lowest BCUT2D eigenvalue weighted by Gasteiger charge is -2.34. The molecule has 188 valence electrons. The van der Waals surface area contributed by atoms with Gasteiger partial charge in [0.25, 0.3) is 0 Å². The SMILES string of the molecule is O=C(C1CCCC1)N1CCC(c2nc3nc(N4CCCC(C(=O)N5CCCC5)C4)ccc3[nH]2)CC1. The van der Waals surface area contributed by atoms with E-state index in [-0.39, 0.29) is 11.8 Å². The zero-order valence-corrected chi connectivity index (χ0v) is 20.8. The van der Waals surface area contributed by atoms with Crippen LogP contribution in [0.4, 0.5) is 5.82 Å². The Balaban J connectivity index is 1.10. The number of carbonyl (C=O) groups excluding carboxylic acids is 2. The van der Waals surface area contributed by atoms with Crippen LogP contribution in [-0.2, 0) is 9.59 Å². The van der Waals surface area contributed by atoms with Crippen LogP contribution in [0.5, 0.6) is 0 Å². The fourth-order valence-corrected chi connectivity index (χ4v) is 6.66. The van der Waals surface area contributed by atoms with Gasteiger partial charge in [-0.25, -0.2) is 9.97 Å². The number of piperidine rings is 2. The Morgan fingerprint density at radius 1 is 0.743 bits per heavy atom. The van der Waals surface area contributed by atoms with Crippen LogP contribution in [0.3, 0.4) is 0 Å². The molecule has 2 amide bonds. The molecule has 0 radical (unpaired) electrons. The van der Waals surface area contributed by atoms with Crippen molar-refractivity contribution in [1.29, 1.82) is 0 Å². The Morgan fingerprint density at radius 3 is 2.20 bits per heavy atom. The van der Waals surface area contributed by atoms with E-state index in [1.54, 1.807) is 0 Å². The number of nitrogens with one attached hydrogen (secondary N) is 1. The lowest BCUT2D eigenvalue weighted by molar-refractivity contribution is -0.136. The normalized spacial score (nSPS) is 24.6. The average molecular weight is 479 g/mol. The predicted molar refractivity (Wildman–Crippen MR) is 135 cm³/mol. The number of fused-ring (bicyclic) bond motifs is 1. The minimum Gasteiger partial charge on any atom is -0.356 e. The monoisotopic (exact) mass is 478 g/mol. The molecule has 0 aromatic carbocycles. The van der Waals surface area contributed by atoms with Gasteiger partial charge in [0.05, 0.1) is 11.4 Å². The summed E-state index contributed by atoms with van der Waals surface area (Å²) in [7, 11) is 0. The van der Waals surface area contributed by atoms with Gasteiger partial charge in [-0.2, -0.15) is 0 Å². The Hall–Kier alpha value is -2.64. The highest BCUT2D eigenvalue weighted by molar-refractivity contribution is 5.80. The van der Waals surface area contributed by atoms with Gasteiger partial charge >= 0.3 is 0 Å². The van der Waals surface area contributed by atoms with Gasteiger partial charge < -0.3 is 19.7 Å². The summed E-state index contributed by atoms with van der Waals surface area (Å²) in [6.07, 6.45) is 10.7. The van der Waals surface area contributed by atoms with Crippen LogP contribution < -0.4 is 4.90 Å². The van der Waals surface area contributed by atoms with Crippen molar-refractivity contribution in [2.45, 2.75) is 70.1 Å². The zero-order chi connectivity index (χ0) is 23.8. The summed E-state index contributed by atoms with van der Waals surface area (Å²) in [4.78, 5) is 45.4. The first-order chi connectivity index (χ1) is 17.2. The van der Waals surface area contributed by atoms with Gasteiger partial charge in [-0.1, -0.05) is 12.8 Å². The van der Waals surface area contributed by atoms with E-state index in [1.165, 1.54) is 12.8 Å². The molecule has 3 aliphatic heterocycles. The lowest BCUT2D eigenvalue weighted by Crippen LogP contribution is -2.44. The molecule has 8 heteroatoms. The van der Waals surface area contributed by atoms with Crippen LogP contribution >= 0.6 is 0 Å². The summed E-state index contributed by atoms with van der Waals surface area (Å²) < 4.78 is 0. The lowest BCUT2D eigenvalue weighted by atomic mass is 9.94. The van der Waals surface area contributed by atoms with Crippen molar-refractivity contribution >= 4 is 28.8 Å². The maximum atomic E-state index is 12.9. The summed E-state index contributed by atoms with van der Waals surface area (Å²) in [5.41, 5.74) is 1.73. The number of rotatable bonds is 4. The average Bonchev–Trinajstić information content (AvgIpc) is 3.69. The van der Waals surface area contributed by atoms with Gasteiger partial charge in [0.2, 0.25) is 11.8 Å². The number of H-pyrrole nitrogens is 1. The fraction of sp³-hybridized carbons (Fsp3) is 0.704. The largest absolute Gasteiger partial charge is 0.356 e. The van der Waals surface area contributed by atoms with Crippen molar-refractivity contribution < 1.29 is 9.59 Å². The van der Waals surface area contributed by atoms with Crippen molar-refractivity contribution in [3.05, 3.63) is 18.0 Å². The van der Waals surface area contributed by atoms with Gasteiger partial charge in [-0.05, 0) is 63.5 Å². The zero-order valence-electron chi connectivity index (χ0n) is 20.8. The second-order valence-corrected chi connectivity index (χ2v) is 11.1. The number of hydrogen-bond donors (Lipinski definition) is 1. The van der Waals surface area contributed by atoms with Crippen molar-refractivity contribution in [3.8, 4) is 0 Å². The van der Waals surface area contributed by atoms with Crippen molar-refractivity contribution in [2.75, 3.05) is 44.2 Å². The summed E-state index contributed by atoms with van der Waals surface area (Å²) in [5, 5.41) is 0. The molecule has 4 fully saturated rings. The number of imidazole rings is 1. The summed E-state index contributed by atoms with van der Waals surface area (Å²) >= 11 is 0. The van der Waals surface area contributed by atoms with Crippen LogP contribution in [0.15, 0.2) is 12.1 Å². The van der Waals surface area contributed by atoms with Crippen LogP contribution in [-0.4, -0.2) is 75.8 Å². The highest BCUT2D eigenvalue weighted by Gasteiger charge is 2.33. The Bertz CT molecular complexity index is 1060. The van der Waals surface area contributed by atoms with E-state index < -0.39 is 0 Å². The van der Waals surface area contributed by atoms with Gasteiger partial charge in [0.1, 0.15) is 11.6 Å². The van der Waals surface area contributed by atoms with Gasteiger partial charge in [0, 0.05) is 51.1 Å². The maximum absolute atomic E-state index is 12.9. The van der Waals surface area contributed by atoms with E-state index in [0.717, 1.165) is 113 Å². The van der Waals surface area contributed by atoms with E-state index in [9.17, 15) is 9.59 Å². The molecule has 1 unspecified atom stereocenters. The van der Waals surface area contributed by atoms with Gasteiger partial charge in [0.15, 0.2) is 5.65 Å². The third-order valence-corrected chi connectivity index (χ3v) is 8.76. The van der Waals surface area contributed by atoms with Gasteiger partial charge in [-0.3, -0.25) is 9.59 Å². The number of pyridine rings is 1. The Morgan fingerprint density at radius 2 is 1.43 bits per heavy atom. The molecular formula is C27H38N6O2. The number of nitrogens with zero attached hydrogens (tertiary/aromatic N) is 5. The molecule has 4 aliphatic rings. The first kappa shape index (κ1) is 22.8. The molecule has 3 saturated heterocycles. The van der Waals surface area contributed by atoms with Crippen LogP contribution in [0.25, 0.3) is 11.2 Å². The molecule has 1 N–H and O–H groups in total. The molecule has 1 aliphatic carbocycles. The second-order valence-electron chi connectivity index (χ2n) is 11.1. The number of anilines is 1.